The van der Waals surface area contributed by atoms with Crippen LogP contribution in [-0.2, 0) is 14.8 Å². The van der Waals surface area contributed by atoms with Gasteiger partial charge in [0.25, 0.3) is 5.91 Å². The lowest BCUT2D eigenvalue weighted by Gasteiger charge is -2.37. The van der Waals surface area contributed by atoms with Crippen molar-refractivity contribution in [3.63, 3.8) is 0 Å². The van der Waals surface area contributed by atoms with E-state index in [-0.39, 0.29) is 35.3 Å². The van der Waals surface area contributed by atoms with Crippen molar-refractivity contribution in [2.45, 2.75) is 56.9 Å². The summed E-state index contributed by atoms with van der Waals surface area (Å²) in [6.07, 6.45) is 4.02. The van der Waals surface area contributed by atoms with Crippen molar-refractivity contribution in [3.8, 4) is 0 Å². The Morgan fingerprint density at radius 3 is 2.31 bits per heavy atom. The quantitative estimate of drug-likeness (QED) is 0.808. The molecule has 7 nitrogen and oxygen atoms in total. The van der Waals surface area contributed by atoms with Crippen molar-refractivity contribution in [1.82, 2.24) is 14.5 Å². The molecule has 29 heavy (non-hydrogen) atoms. The zero-order chi connectivity index (χ0) is 21.2. The molecule has 0 atom stereocenters. The average Bonchev–Trinajstić information content (AvgIpc) is 2.70. The van der Waals surface area contributed by atoms with E-state index in [0.717, 1.165) is 25.7 Å². The van der Waals surface area contributed by atoms with Gasteiger partial charge in [0, 0.05) is 44.2 Å². The van der Waals surface area contributed by atoms with E-state index >= 15 is 0 Å². The minimum Gasteiger partial charge on any atom is -0.347 e. The standard InChI is InChI=1S/C21H31N3O4S/c1-16-7-9-21(3,10-8-16)22-20(26)18-5-4-6-19(15-18)29(27,28)24-13-11-23(12-14-24)17(2)25/h4-6,15-16H,7-14H2,1-3H3,(H,22,26). The van der Waals surface area contributed by atoms with Crippen LogP contribution in [0.1, 0.15) is 56.8 Å². The summed E-state index contributed by atoms with van der Waals surface area (Å²) in [4.78, 5) is 26.0. The molecule has 0 aromatic heterocycles. The van der Waals surface area contributed by atoms with E-state index in [0.29, 0.717) is 24.6 Å². The Morgan fingerprint density at radius 1 is 1.10 bits per heavy atom. The van der Waals surface area contributed by atoms with Gasteiger partial charge in [-0.15, -0.1) is 0 Å². The van der Waals surface area contributed by atoms with Gasteiger partial charge in [-0.25, -0.2) is 8.42 Å². The van der Waals surface area contributed by atoms with Gasteiger partial charge < -0.3 is 10.2 Å². The van der Waals surface area contributed by atoms with Crippen LogP contribution in [0.2, 0.25) is 0 Å². The molecule has 8 heteroatoms. The Hall–Kier alpha value is -1.93. The summed E-state index contributed by atoms with van der Waals surface area (Å²) >= 11 is 0. The Morgan fingerprint density at radius 2 is 1.72 bits per heavy atom. The van der Waals surface area contributed by atoms with E-state index in [1.54, 1.807) is 17.0 Å². The van der Waals surface area contributed by atoms with Crippen molar-refractivity contribution in [2.75, 3.05) is 26.2 Å². The number of carbonyl (C=O) groups is 2. The fourth-order valence-electron chi connectivity index (χ4n) is 4.06. The third kappa shape index (κ3) is 4.98. The normalized spacial score (nSPS) is 26.2. The molecule has 2 aliphatic rings. The van der Waals surface area contributed by atoms with Crippen LogP contribution < -0.4 is 5.32 Å². The zero-order valence-electron chi connectivity index (χ0n) is 17.5. The lowest BCUT2D eigenvalue weighted by Crippen LogP contribution is -2.50. The first-order chi connectivity index (χ1) is 13.6. The maximum Gasteiger partial charge on any atom is 0.251 e. The molecule has 0 spiro atoms. The van der Waals surface area contributed by atoms with E-state index in [9.17, 15) is 18.0 Å². The van der Waals surface area contributed by atoms with E-state index in [4.69, 9.17) is 0 Å². The summed E-state index contributed by atoms with van der Waals surface area (Å²) in [5, 5.41) is 3.12. The highest BCUT2D eigenvalue weighted by Crippen LogP contribution is 2.31. The number of nitrogens with zero attached hydrogens (tertiary/aromatic N) is 2. The zero-order valence-corrected chi connectivity index (χ0v) is 18.3. The maximum atomic E-state index is 13.0. The first-order valence-corrected chi connectivity index (χ1v) is 11.7. The molecule has 1 aliphatic carbocycles. The monoisotopic (exact) mass is 421 g/mol. The number of carbonyl (C=O) groups excluding carboxylic acids is 2. The molecular formula is C21H31N3O4S. The molecule has 1 aromatic rings. The molecule has 0 bridgehead atoms. The van der Waals surface area contributed by atoms with Crippen LogP contribution in [0.5, 0.6) is 0 Å². The Bertz CT molecular complexity index is 868. The minimum atomic E-state index is -3.71. The molecule has 160 valence electrons. The molecule has 1 saturated heterocycles. The van der Waals surface area contributed by atoms with Gasteiger partial charge >= 0.3 is 0 Å². The van der Waals surface area contributed by atoms with Gasteiger partial charge in [-0.05, 0) is 56.7 Å². The molecular weight excluding hydrogens is 390 g/mol. The molecule has 2 amide bonds. The van der Waals surface area contributed by atoms with Crippen LogP contribution in [0.25, 0.3) is 0 Å². The van der Waals surface area contributed by atoms with E-state index < -0.39 is 10.0 Å². The average molecular weight is 422 g/mol. The SMILES string of the molecule is CC(=O)N1CCN(S(=O)(=O)c2cccc(C(=O)NC3(C)CCC(C)CC3)c2)CC1. The van der Waals surface area contributed by atoms with Crippen molar-refractivity contribution in [2.24, 2.45) is 5.92 Å². The third-order valence-electron chi connectivity index (χ3n) is 6.21. The van der Waals surface area contributed by atoms with Crippen molar-refractivity contribution in [3.05, 3.63) is 29.8 Å². The number of benzene rings is 1. The van der Waals surface area contributed by atoms with Gasteiger partial charge in [0.05, 0.1) is 4.90 Å². The fourth-order valence-corrected chi connectivity index (χ4v) is 5.53. The maximum absolute atomic E-state index is 13.0. The van der Waals surface area contributed by atoms with Gasteiger partial charge in [-0.1, -0.05) is 13.0 Å². The number of amides is 2. The molecule has 1 heterocycles. The van der Waals surface area contributed by atoms with Crippen molar-refractivity contribution in [1.29, 1.82) is 0 Å². The molecule has 2 fully saturated rings. The molecule has 0 radical (unpaired) electrons. The summed E-state index contributed by atoms with van der Waals surface area (Å²) < 4.78 is 27.4. The second kappa shape index (κ2) is 8.44. The Labute approximate surface area is 173 Å². The number of sulfonamides is 1. The first-order valence-electron chi connectivity index (χ1n) is 10.3. The highest BCUT2D eigenvalue weighted by molar-refractivity contribution is 7.89. The molecule has 1 N–H and O–H groups in total. The fraction of sp³-hybridized carbons (Fsp3) is 0.619. The van der Waals surface area contributed by atoms with Gasteiger partial charge in [-0.2, -0.15) is 4.31 Å². The number of nitrogens with one attached hydrogen (secondary N) is 1. The lowest BCUT2D eigenvalue weighted by atomic mass is 9.78. The van der Waals surface area contributed by atoms with Crippen LogP contribution in [0.3, 0.4) is 0 Å². The molecule has 1 saturated carbocycles. The molecule has 0 unspecified atom stereocenters. The largest absolute Gasteiger partial charge is 0.347 e. The third-order valence-corrected chi connectivity index (χ3v) is 8.11. The number of rotatable bonds is 4. The predicted molar refractivity (Wildman–Crippen MR) is 111 cm³/mol. The van der Waals surface area contributed by atoms with Crippen LogP contribution in [0.4, 0.5) is 0 Å². The van der Waals surface area contributed by atoms with Gasteiger partial charge in [0.2, 0.25) is 15.9 Å². The minimum absolute atomic E-state index is 0.0497. The van der Waals surface area contributed by atoms with E-state index in [2.05, 4.69) is 19.2 Å². The van der Waals surface area contributed by atoms with Crippen LogP contribution in [0.15, 0.2) is 29.2 Å². The van der Waals surface area contributed by atoms with Gasteiger partial charge in [-0.3, -0.25) is 9.59 Å². The molecule has 1 aromatic carbocycles. The van der Waals surface area contributed by atoms with E-state index in [1.807, 2.05) is 0 Å². The number of piperazine rings is 1. The van der Waals surface area contributed by atoms with E-state index in [1.165, 1.54) is 23.4 Å². The predicted octanol–water partition coefficient (Wildman–Crippen LogP) is 2.24. The summed E-state index contributed by atoms with van der Waals surface area (Å²) in [7, 11) is -3.71. The van der Waals surface area contributed by atoms with Crippen LogP contribution >= 0.6 is 0 Å². The summed E-state index contributed by atoms with van der Waals surface area (Å²) in [6.45, 7) is 7.05. The lowest BCUT2D eigenvalue weighted by molar-refractivity contribution is -0.129. The highest BCUT2D eigenvalue weighted by Gasteiger charge is 2.32. The topological polar surface area (TPSA) is 86.8 Å². The number of hydrogen-bond acceptors (Lipinski definition) is 4. The Kier molecular flexibility index (Phi) is 6.33. The van der Waals surface area contributed by atoms with Gasteiger partial charge in [0.15, 0.2) is 0 Å². The molecule has 1 aliphatic heterocycles. The second-order valence-electron chi connectivity index (χ2n) is 8.64. The summed E-state index contributed by atoms with van der Waals surface area (Å²) in [5.41, 5.74) is 0.106. The van der Waals surface area contributed by atoms with Gasteiger partial charge in [0.1, 0.15) is 0 Å². The molecule has 3 rings (SSSR count). The number of hydrogen-bond donors (Lipinski definition) is 1. The Balaban J connectivity index is 1.71. The van der Waals surface area contributed by atoms with Crippen molar-refractivity contribution < 1.29 is 18.0 Å². The first kappa shape index (κ1) is 21.8. The van der Waals surface area contributed by atoms with Crippen LogP contribution in [0, 0.1) is 5.92 Å². The summed E-state index contributed by atoms with van der Waals surface area (Å²) in [5.74, 6) is 0.392. The van der Waals surface area contributed by atoms with Crippen LogP contribution in [-0.4, -0.2) is 61.2 Å². The highest BCUT2D eigenvalue weighted by atomic mass is 32.2. The second-order valence-corrected chi connectivity index (χ2v) is 10.6. The smallest absolute Gasteiger partial charge is 0.251 e. The summed E-state index contributed by atoms with van der Waals surface area (Å²) in [6, 6.07) is 6.24. The van der Waals surface area contributed by atoms with Crippen molar-refractivity contribution >= 4 is 21.8 Å².